The molecule has 3 rings (SSSR count). The van der Waals surface area contributed by atoms with Gasteiger partial charge in [-0.1, -0.05) is 12.1 Å². The number of benzene rings is 1. The second kappa shape index (κ2) is 7.62. The molecule has 2 heterocycles. The highest BCUT2D eigenvalue weighted by atomic mass is 32.1. The molecule has 1 unspecified atom stereocenters. The lowest BCUT2D eigenvalue weighted by molar-refractivity contribution is -0.122. The third-order valence-corrected chi connectivity index (χ3v) is 5.04. The molecule has 4 nitrogen and oxygen atoms in total. The fourth-order valence-corrected chi connectivity index (χ4v) is 3.67. The van der Waals surface area contributed by atoms with Crippen LogP contribution < -0.4 is 5.32 Å². The molecule has 5 heteroatoms. The average Bonchev–Trinajstić information content (AvgIpc) is 3.17. The Morgan fingerprint density at radius 2 is 2.08 bits per heavy atom. The maximum absolute atomic E-state index is 12.0. The number of unbranched alkanes of at least 4 members (excludes halogenated alkanes) is 1. The molecule has 0 fully saturated rings. The Labute approximate surface area is 145 Å². The van der Waals surface area contributed by atoms with Gasteiger partial charge in [-0.05, 0) is 57.4 Å². The fraction of sp³-hybridized carbons (Fsp3) is 0.368. The summed E-state index contributed by atoms with van der Waals surface area (Å²) in [5.74, 6) is 1.73. The van der Waals surface area contributed by atoms with E-state index >= 15 is 0 Å². The minimum Gasteiger partial charge on any atom is -0.464 e. The van der Waals surface area contributed by atoms with Crippen LogP contribution in [0.15, 0.2) is 40.8 Å². The summed E-state index contributed by atoms with van der Waals surface area (Å²) in [6.07, 6.45) is 3.31. The number of para-hydroxylation sites is 1. The zero-order valence-electron chi connectivity index (χ0n) is 14.0. The van der Waals surface area contributed by atoms with Gasteiger partial charge in [0.1, 0.15) is 11.5 Å². The van der Waals surface area contributed by atoms with Crippen LogP contribution in [0, 0.1) is 6.92 Å². The first-order valence-electron chi connectivity index (χ1n) is 8.32. The van der Waals surface area contributed by atoms with Gasteiger partial charge in [0.15, 0.2) is 0 Å². The van der Waals surface area contributed by atoms with Gasteiger partial charge >= 0.3 is 0 Å². The Kier molecular flexibility index (Phi) is 5.30. The molecule has 0 aliphatic heterocycles. The van der Waals surface area contributed by atoms with Crippen molar-refractivity contribution in [2.45, 2.75) is 45.6 Å². The van der Waals surface area contributed by atoms with Crippen LogP contribution in [0.25, 0.3) is 10.2 Å². The lowest BCUT2D eigenvalue weighted by Gasteiger charge is -2.11. The van der Waals surface area contributed by atoms with E-state index in [-0.39, 0.29) is 11.9 Å². The third-order valence-electron chi connectivity index (χ3n) is 3.95. The zero-order valence-corrected chi connectivity index (χ0v) is 14.9. The summed E-state index contributed by atoms with van der Waals surface area (Å²) in [4.78, 5) is 16.6. The predicted molar refractivity (Wildman–Crippen MR) is 97.2 cm³/mol. The number of hydrogen-bond donors (Lipinski definition) is 1. The standard InChI is InChI=1S/C19H22N2O2S/c1-13-11-12-16(23-13)14(2)20-18(22)9-5-6-10-19-21-15-7-3-4-8-17(15)24-19/h3-4,7-8,11-12,14H,5-6,9-10H2,1-2H3,(H,20,22). The number of fused-ring (bicyclic) bond motifs is 1. The molecule has 1 aromatic carbocycles. The molecule has 0 bridgehead atoms. The highest BCUT2D eigenvalue weighted by Gasteiger charge is 2.12. The number of hydrogen-bond acceptors (Lipinski definition) is 4. The molecule has 0 aliphatic carbocycles. The smallest absolute Gasteiger partial charge is 0.220 e. The number of aryl methyl sites for hydroxylation is 2. The number of nitrogens with zero attached hydrogens (tertiary/aromatic N) is 1. The van der Waals surface area contributed by atoms with Crippen LogP contribution in [0.5, 0.6) is 0 Å². The van der Waals surface area contributed by atoms with E-state index in [2.05, 4.69) is 16.4 Å². The van der Waals surface area contributed by atoms with E-state index in [1.54, 1.807) is 11.3 Å². The number of furan rings is 1. The van der Waals surface area contributed by atoms with E-state index in [0.717, 1.165) is 41.3 Å². The van der Waals surface area contributed by atoms with Crippen molar-refractivity contribution in [3.05, 3.63) is 52.9 Å². The quantitative estimate of drug-likeness (QED) is 0.628. The number of aromatic nitrogens is 1. The molecule has 24 heavy (non-hydrogen) atoms. The van der Waals surface area contributed by atoms with Crippen molar-refractivity contribution in [1.82, 2.24) is 10.3 Å². The molecule has 1 amide bonds. The number of thiazole rings is 1. The predicted octanol–water partition coefficient (Wildman–Crippen LogP) is 4.79. The second-order valence-electron chi connectivity index (χ2n) is 6.02. The Morgan fingerprint density at radius 1 is 1.25 bits per heavy atom. The van der Waals surface area contributed by atoms with Gasteiger partial charge in [-0.25, -0.2) is 4.98 Å². The molecule has 0 saturated heterocycles. The second-order valence-corrected chi connectivity index (χ2v) is 7.14. The Balaban J connectivity index is 1.40. The summed E-state index contributed by atoms with van der Waals surface area (Å²) in [7, 11) is 0. The van der Waals surface area contributed by atoms with E-state index in [4.69, 9.17) is 4.42 Å². The fourth-order valence-electron chi connectivity index (χ4n) is 2.66. The molecular weight excluding hydrogens is 320 g/mol. The van der Waals surface area contributed by atoms with Gasteiger partial charge in [-0.2, -0.15) is 0 Å². The van der Waals surface area contributed by atoms with Crippen molar-refractivity contribution < 1.29 is 9.21 Å². The lowest BCUT2D eigenvalue weighted by atomic mass is 10.1. The highest BCUT2D eigenvalue weighted by Crippen LogP contribution is 2.23. The molecular formula is C19H22N2O2S. The molecule has 3 aromatic rings. The summed E-state index contributed by atoms with van der Waals surface area (Å²) in [6, 6.07) is 11.9. The van der Waals surface area contributed by atoms with E-state index in [1.165, 1.54) is 4.70 Å². The van der Waals surface area contributed by atoms with Crippen LogP contribution in [0.1, 0.15) is 48.8 Å². The SMILES string of the molecule is Cc1ccc(C(C)NC(=O)CCCCc2nc3ccccc3s2)o1. The maximum atomic E-state index is 12.0. The molecule has 126 valence electrons. The summed E-state index contributed by atoms with van der Waals surface area (Å²) in [5.41, 5.74) is 1.07. The third kappa shape index (κ3) is 4.23. The number of carbonyl (C=O) groups is 1. The van der Waals surface area contributed by atoms with Crippen LogP contribution >= 0.6 is 11.3 Å². The number of carbonyl (C=O) groups excluding carboxylic acids is 1. The van der Waals surface area contributed by atoms with Gasteiger partial charge in [0, 0.05) is 6.42 Å². The van der Waals surface area contributed by atoms with Crippen molar-refractivity contribution in [2.75, 3.05) is 0 Å². The summed E-state index contributed by atoms with van der Waals surface area (Å²) < 4.78 is 6.77. The number of nitrogens with one attached hydrogen (secondary N) is 1. The van der Waals surface area contributed by atoms with Crippen molar-refractivity contribution in [3.63, 3.8) is 0 Å². The Bertz CT molecular complexity index is 789. The van der Waals surface area contributed by atoms with Crippen molar-refractivity contribution >= 4 is 27.5 Å². The summed E-state index contributed by atoms with van der Waals surface area (Å²) >= 11 is 1.74. The monoisotopic (exact) mass is 342 g/mol. The van der Waals surface area contributed by atoms with Gasteiger partial charge < -0.3 is 9.73 Å². The topological polar surface area (TPSA) is 55.1 Å². The highest BCUT2D eigenvalue weighted by molar-refractivity contribution is 7.18. The minimum atomic E-state index is -0.0875. The summed E-state index contributed by atoms with van der Waals surface area (Å²) in [6.45, 7) is 3.84. The Morgan fingerprint density at radius 3 is 2.83 bits per heavy atom. The first-order valence-corrected chi connectivity index (χ1v) is 9.13. The van der Waals surface area contributed by atoms with Crippen LogP contribution in [-0.4, -0.2) is 10.9 Å². The number of rotatable bonds is 7. The number of amides is 1. The normalized spacial score (nSPS) is 12.4. The molecule has 0 spiro atoms. The average molecular weight is 342 g/mol. The van der Waals surface area contributed by atoms with Crippen LogP contribution in [0.2, 0.25) is 0 Å². The van der Waals surface area contributed by atoms with Gasteiger partial charge in [0.2, 0.25) is 5.91 Å². The minimum absolute atomic E-state index is 0.0702. The van der Waals surface area contributed by atoms with E-state index in [0.29, 0.717) is 6.42 Å². The lowest BCUT2D eigenvalue weighted by Crippen LogP contribution is -2.26. The molecule has 2 aromatic heterocycles. The van der Waals surface area contributed by atoms with Crippen molar-refractivity contribution in [3.8, 4) is 0 Å². The first-order chi connectivity index (χ1) is 11.6. The van der Waals surface area contributed by atoms with Gasteiger partial charge in [-0.15, -0.1) is 11.3 Å². The van der Waals surface area contributed by atoms with Crippen LogP contribution in [0.4, 0.5) is 0 Å². The van der Waals surface area contributed by atoms with Crippen LogP contribution in [0.3, 0.4) is 0 Å². The van der Waals surface area contributed by atoms with Crippen LogP contribution in [-0.2, 0) is 11.2 Å². The molecule has 1 N–H and O–H groups in total. The van der Waals surface area contributed by atoms with Gasteiger partial charge in [-0.3, -0.25) is 4.79 Å². The van der Waals surface area contributed by atoms with Gasteiger partial charge in [0.25, 0.3) is 0 Å². The van der Waals surface area contributed by atoms with Gasteiger partial charge in [0.05, 0.1) is 21.3 Å². The van der Waals surface area contributed by atoms with Crippen molar-refractivity contribution in [1.29, 1.82) is 0 Å². The van der Waals surface area contributed by atoms with E-state index in [1.807, 2.05) is 44.2 Å². The van der Waals surface area contributed by atoms with Crippen molar-refractivity contribution in [2.24, 2.45) is 0 Å². The molecule has 0 aliphatic rings. The maximum Gasteiger partial charge on any atom is 0.220 e. The Hall–Kier alpha value is -2.14. The van der Waals surface area contributed by atoms with E-state index in [9.17, 15) is 4.79 Å². The molecule has 0 saturated carbocycles. The molecule has 1 atom stereocenters. The zero-order chi connectivity index (χ0) is 16.9. The molecule has 0 radical (unpaired) electrons. The first kappa shape index (κ1) is 16.7. The largest absolute Gasteiger partial charge is 0.464 e. The van der Waals surface area contributed by atoms with E-state index < -0.39 is 0 Å². The summed E-state index contributed by atoms with van der Waals surface area (Å²) in [5, 5.41) is 4.13.